The molecule has 0 radical (unpaired) electrons. The van der Waals surface area contributed by atoms with E-state index in [2.05, 4.69) is 5.32 Å². The molecule has 2 rings (SSSR count). The lowest BCUT2D eigenvalue weighted by Gasteiger charge is -2.28. The first-order valence-electron chi connectivity index (χ1n) is 6.02. The summed E-state index contributed by atoms with van der Waals surface area (Å²) in [6.07, 6.45) is 0.206. The molecule has 2 nitrogen and oxygen atoms in total. The molecule has 6 heteroatoms. The molecular weight excluding hydrogens is 370 g/mol. The Morgan fingerprint density at radius 1 is 1.42 bits per heavy atom. The molecule has 0 aliphatic heterocycles. The summed E-state index contributed by atoms with van der Waals surface area (Å²) in [5, 5.41) is 2.54. The minimum Gasteiger partial charge on any atom is -0.325 e. The molecule has 1 aliphatic carbocycles. The van der Waals surface area contributed by atoms with E-state index in [1.165, 1.54) is 12.1 Å². The van der Waals surface area contributed by atoms with Crippen LogP contribution in [0.3, 0.4) is 0 Å². The third kappa shape index (κ3) is 3.61. The van der Waals surface area contributed by atoms with Crippen LogP contribution >= 0.6 is 22.6 Å². The molecule has 1 unspecified atom stereocenters. The third-order valence-corrected chi connectivity index (χ3v) is 4.32. The number of nitrogens with one attached hydrogen (secondary N) is 1. The van der Waals surface area contributed by atoms with Crippen LogP contribution in [0.2, 0.25) is 0 Å². The first-order chi connectivity index (χ1) is 8.89. The largest absolute Gasteiger partial charge is 0.325 e. The summed E-state index contributed by atoms with van der Waals surface area (Å²) in [6.45, 7) is 0. The highest BCUT2D eigenvalue weighted by molar-refractivity contribution is 14.1. The van der Waals surface area contributed by atoms with E-state index in [-0.39, 0.29) is 9.99 Å². The highest BCUT2D eigenvalue weighted by Gasteiger charge is 2.39. The second-order valence-electron chi connectivity index (χ2n) is 4.74. The van der Waals surface area contributed by atoms with E-state index >= 15 is 0 Å². The van der Waals surface area contributed by atoms with Crippen LogP contribution in [0.25, 0.3) is 0 Å². The molecule has 1 aliphatic rings. The number of alkyl halides is 2. The van der Waals surface area contributed by atoms with Crippen molar-refractivity contribution in [3.8, 4) is 0 Å². The van der Waals surface area contributed by atoms with Gasteiger partial charge in [0.05, 0.1) is 9.26 Å². The Morgan fingerprint density at radius 2 is 2.16 bits per heavy atom. The summed E-state index contributed by atoms with van der Waals surface area (Å²) < 4.78 is 40.1. The van der Waals surface area contributed by atoms with Crippen molar-refractivity contribution in [2.45, 2.75) is 31.6 Å². The SMILES string of the molecule is O=C(Nc1cccc(F)c1I)C1CCCC(F)(F)C1. The minimum absolute atomic E-state index is 0.158. The van der Waals surface area contributed by atoms with Crippen molar-refractivity contribution in [3.63, 3.8) is 0 Å². The molecule has 1 saturated carbocycles. The summed E-state index contributed by atoms with van der Waals surface area (Å²) in [6, 6.07) is 4.32. The van der Waals surface area contributed by atoms with Crippen molar-refractivity contribution in [3.05, 3.63) is 27.6 Å². The van der Waals surface area contributed by atoms with Gasteiger partial charge in [0.15, 0.2) is 0 Å². The van der Waals surface area contributed by atoms with E-state index in [1.54, 1.807) is 28.7 Å². The van der Waals surface area contributed by atoms with Crippen LogP contribution < -0.4 is 5.32 Å². The molecule has 1 N–H and O–H groups in total. The van der Waals surface area contributed by atoms with Crippen molar-refractivity contribution < 1.29 is 18.0 Å². The molecule has 1 fully saturated rings. The quantitative estimate of drug-likeness (QED) is 0.763. The normalized spacial score (nSPS) is 22.0. The van der Waals surface area contributed by atoms with Gasteiger partial charge in [0, 0.05) is 18.8 Å². The zero-order valence-corrected chi connectivity index (χ0v) is 12.2. The Kier molecular flexibility index (Phi) is 4.37. The predicted molar refractivity (Wildman–Crippen MR) is 74.7 cm³/mol. The molecule has 1 atom stereocenters. The van der Waals surface area contributed by atoms with Crippen molar-refractivity contribution >= 4 is 34.2 Å². The number of carbonyl (C=O) groups is 1. The Labute approximate surface area is 122 Å². The van der Waals surface area contributed by atoms with E-state index in [1.807, 2.05) is 0 Å². The summed E-state index contributed by atoms with van der Waals surface area (Å²) in [4.78, 5) is 11.9. The number of rotatable bonds is 2. The number of hydrogen-bond acceptors (Lipinski definition) is 1. The van der Waals surface area contributed by atoms with Gasteiger partial charge < -0.3 is 5.32 Å². The molecule has 0 aromatic heterocycles. The maximum absolute atomic E-state index is 13.3. The number of amides is 1. The molecular formula is C13H13F3INO. The van der Waals surface area contributed by atoms with Crippen LogP contribution in [-0.2, 0) is 4.79 Å². The molecule has 1 aromatic carbocycles. The smallest absolute Gasteiger partial charge is 0.248 e. The van der Waals surface area contributed by atoms with Crippen LogP contribution in [0.1, 0.15) is 25.7 Å². The van der Waals surface area contributed by atoms with Crippen LogP contribution in [-0.4, -0.2) is 11.8 Å². The topological polar surface area (TPSA) is 29.1 Å². The van der Waals surface area contributed by atoms with E-state index in [0.717, 1.165) is 0 Å². The molecule has 19 heavy (non-hydrogen) atoms. The van der Waals surface area contributed by atoms with Crippen molar-refractivity contribution in [1.82, 2.24) is 0 Å². The second kappa shape index (κ2) is 5.68. The fourth-order valence-corrected chi connectivity index (χ4v) is 2.73. The lowest BCUT2D eigenvalue weighted by molar-refractivity contribution is -0.127. The van der Waals surface area contributed by atoms with Gasteiger partial charge in [-0.25, -0.2) is 13.2 Å². The maximum Gasteiger partial charge on any atom is 0.248 e. The van der Waals surface area contributed by atoms with Crippen molar-refractivity contribution in [2.24, 2.45) is 5.92 Å². The van der Waals surface area contributed by atoms with Gasteiger partial charge >= 0.3 is 0 Å². The van der Waals surface area contributed by atoms with Gasteiger partial charge in [-0.3, -0.25) is 4.79 Å². The summed E-state index contributed by atoms with van der Waals surface area (Å²) in [5.41, 5.74) is 0.333. The average molecular weight is 383 g/mol. The number of benzene rings is 1. The Balaban J connectivity index is 2.07. The molecule has 104 valence electrons. The van der Waals surface area contributed by atoms with Gasteiger partial charge in [-0.2, -0.15) is 0 Å². The second-order valence-corrected chi connectivity index (χ2v) is 5.82. The highest BCUT2D eigenvalue weighted by Crippen LogP contribution is 2.37. The molecule has 0 spiro atoms. The number of carbonyl (C=O) groups excluding carboxylic acids is 1. The fourth-order valence-electron chi connectivity index (χ4n) is 2.23. The van der Waals surface area contributed by atoms with E-state index in [9.17, 15) is 18.0 Å². The van der Waals surface area contributed by atoms with E-state index < -0.39 is 30.0 Å². The van der Waals surface area contributed by atoms with Gasteiger partial charge in [-0.15, -0.1) is 0 Å². The highest BCUT2D eigenvalue weighted by atomic mass is 127. The zero-order valence-electron chi connectivity index (χ0n) is 10.1. The predicted octanol–water partition coefficient (Wildman–Crippen LogP) is 4.19. The summed E-state index contributed by atoms with van der Waals surface area (Å²) in [5.74, 6) is -4.37. The monoisotopic (exact) mass is 383 g/mol. The third-order valence-electron chi connectivity index (χ3n) is 3.22. The van der Waals surface area contributed by atoms with Crippen molar-refractivity contribution in [2.75, 3.05) is 5.32 Å². The first kappa shape index (κ1) is 14.6. The van der Waals surface area contributed by atoms with Gasteiger partial charge in [-0.05, 0) is 47.6 Å². The van der Waals surface area contributed by atoms with Gasteiger partial charge in [0.1, 0.15) is 5.82 Å². The fraction of sp³-hybridized carbons (Fsp3) is 0.462. The Hall–Kier alpha value is -0.790. The molecule has 0 heterocycles. The lowest BCUT2D eigenvalue weighted by atomic mass is 9.86. The Bertz CT molecular complexity index is 493. The van der Waals surface area contributed by atoms with E-state index in [4.69, 9.17) is 0 Å². The van der Waals surface area contributed by atoms with Gasteiger partial charge in [0.2, 0.25) is 11.8 Å². The van der Waals surface area contributed by atoms with Gasteiger partial charge in [0.25, 0.3) is 0 Å². The van der Waals surface area contributed by atoms with Crippen molar-refractivity contribution in [1.29, 1.82) is 0 Å². The number of halogens is 4. The van der Waals surface area contributed by atoms with Crippen LogP contribution in [0.4, 0.5) is 18.9 Å². The van der Waals surface area contributed by atoms with Gasteiger partial charge in [-0.1, -0.05) is 6.07 Å². The number of hydrogen-bond donors (Lipinski definition) is 1. The molecule has 1 aromatic rings. The number of anilines is 1. The maximum atomic E-state index is 13.3. The summed E-state index contributed by atoms with van der Waals surface area (Å²) in [7, 11) is 0. The van der Waals surface area contributed by atoms with E-state index in [0.29, 0.717) is 18.5 Å². The molecule has 1 amide bonds. The zero-order chi connectivity index (χ0) is 14.0. The lowest BCUT2D eigenvalue weighted by Crippen LogP contribution is -2.33. The summed E-state index contributed by atoms with van der Waals surface area (Å²) >= 11 is 1.78. The molecule has 0 bridgehead atoms. The molecule has 0 saturated heterocycles. The Morgan fingerprint density at radius 3 is 2.84 bits per heavy atom. The van der Waals surface area contributed by atoms with Crippen LogP contribution in [0.15, 0.2) is 18.2 Å². The standard InChI is InChI=1S/C13H13F3INO/c14-9-4-1-5-10(11(9)17)18-12(19)8-3-2-6-13(15,16)7-8/h1,4-5,8H,2-3,6-7H2,(H,18,19). The van der Waals surface area contributed by atoms with Crippen LogP contribution in [0, 0.1) is 15.3 Å². The first-order valence-corrected chi connectivity index (χ1v) is 7.10. The minimum atomic E-state index is -2.77. The average Bonchev–Trinajstić information content (AvgIpc) is 2.33. The van der Waals surface area contributed by atoms with Crippen LogP contribution in [0.5, 0.6) is 0 Å².